The van der Waals surface area contributed by atoms with Crippen LogP contribution in [-0.4, -0.2) is 59.8 Å². The number of aromatic amines is 1. The second kappa shape index (κ2) is 15.7. The van der Waals surface area contributed by atoms with Gasteiger partial charge in [-0.25, -0.2) is 8.78 Å². The minimum atomic E-state index is -0.605. The van der Waals surface area contributed by atoms with Crippen molar-refractivity contribution in [3.63, 3.8) is 0 Å². The quantitative estimate of drug-likeness (QED) is 0.252. The number of rotatable bonds is 13. The second-order valence-electron chi connectivity index (χ2n) is 10.1. The number of phenols is 1. The predicted molar refractivity (Wildman–Crippen MR) is 154 cm³/mol. The smallest absolute Gasteiger partial charge is 0.248 e. The second-order valence-corrected chi connectivity index (χ2v) is 10.1. The van der Waals surface area contributed by atoms with E-state index in [4.69, 9.17) is 4.74 Å². The van der Waals surface area contributed by atoms with Crippen LogP contribution in [0.15, 0.2) is 47.3 Å². The van der Waals surface area contributed by atoms with Crippen LogP contribution in [0.3, 0.4) is 0 Å². The third-order valence-electron chi connectivity index (χ3n) is 7.39. The molecule has 0 aliphatic heterocycles. The van der Waals surface area contributed by atoms with E-state index in [1.54, 1.807) is 12.1 Å². The van der Waals surface area contributed by atoms with E-state index >= 15 is 0 Å². The summed E-state index contributed by atoms with van der Waals surface area (Å²) in [4.78, 5) is 29.4. The van der Waals surface area contributed by atoms with Crippen molar-refractivity contribution in [3.05, 3.63) is 75.6 Å². The Morgan fingerprint density at radius 3 is 2.55 bits per heavy atom. The van der Waals surface area contributed by atoms with Crippen LogP contribution in [0.25, 0.3) is 10.9 Å². The van der Waals surface area contributed by atoms with Crippen molar-refractivity contribution < 1.29 is 23.4 Å². The number of nitrogens with one attached hydrogen (secondary N) is 2. The van der Waals surface area contributed by atoms with Gasteiger partial charge in [0.25, 0.3) is 0 Å². The van der Waals surface area contributed by atoms with Crippen LogP contribution in [-0.2, 0) is 22.4 Å². The van der Waals surface area contributed by atoms with Gasteiger partial charge >= 0.3 is 0 Å². The van der Waals surface area contributed by atoms with E-state index in [2.05, 4.69) is 10.3 Å². The van der Waals surface area contributed by atoms with Crippen LogP contribution in [0, 0.1) is 11.6 Å². The number of benzene rings is 2. The van der Waals surface area contributed by atoms with Gasteiger partial charge in [-0.05, 0) is 61.6 Å². The zero-order chi connectivity index (χ0) is 27.6. The van der Waals surface area contributed by atoms with Crippen molar-refractivity contribution in [2.75, 3.05) is 32.8 Å². The molecule has 0 atom stereocenters. The molecule has 1 amide bonds. The standard InChI is InChI=1S/C30H37F2N3O4.ClH/c31-23-8-6-22(26(32)20-23)13-18-39-19-14-29(38)35(24-4-2-1-3-5-24)17-16-33-15-12-21-7-10-27(36)30-25(21)9-11-28(37)34-30;/h6-11,20,24,33,36H,1-5,12-19H2,(H,34,37);1H. The fourth-order valence-corrected chi connectivity index (χ4v) is 5.28. The Morgan fingerprint density at radius 2 is 1.77 bits per heavy atom. The van der Waals surface area contributed by atoms with Crippen LogP contribution >= 0.6 is 12.4 Å². The van der Waals surface area contributed by atoms with Gasteiger partial charge in [-0.3, -0.25) is 9.59 Å². The molecule has 1 saturated carbocycles. The number of halogens is 3. The van der Waals surface area contributed by atoms with Crippen LogP contribution in [0.5, 0.6) is 5.75 Å². The maximum atomic E-state index is 13.8. The van der Waals surface area contributed by atoms with Crippen LogP contribution in [0.2, 0.25) is 0 Å². The lowest BCUT2D eigenvalue weighted by molar-refractivity contribution is -0.135. The first kappa shape index (κ1) is 31.5. The molecule has 3 N–H and O–H groups in total. The Hall–Kier alpha value is -3.01. The zero-order valence-electron chi connectivity index (χ0n) is 22.6. The first-order chi connectivity index (χ1) is 18.9. The number of H-pyrrole nitrogens is 1. The molecule has 218 valence electrons. The van der Waals surface area contributed by atoms with E-state index in [1.165, 1.54) is 24.6 Å². The van der Waals surface area contributed by atoms with Crippen molar-refractivity contribution in [2.24, 2.45) is 0 Å². The summed E-state index contributed by atoms with van der Waals surface area (Å²) in [6, 6.07) is 10.4. The number of aromatic nitrogens is 1. The predicted octanol–water partition coefficient (Wildman–Crippen LogP) is 4.88. The summed E-state index contributed by atoms with van der Waals surface area (Å²) in [5.41, 5.74) is 1.60. The molecule has 1 heterocycles. The largest absolute Gasteiger partial charge is 0.506 e. The van der Waals surface area contributed by atoms with E-state index in [1.807, 2.05) is 11.0 Å². The maximum absolute atomic E-state index is 13.8. The SMILES string of the molecule is Cl.O=C(CCOCCc1ccc(F)cc1F)N(CCNCCc1ccc(O)c2[nH]c(=O)ccc12)C1CCCCC1. The average Bonchev–Trinajstić information content (AvgIpc) is 2.93. The number of hydrogen-bond donors (Lipinski definition) is 3. The lowest BCUT2D eigenvalue weighted by atomic mass is 9.94. The molecule has 3 aromatic rings. The number of carbonyl (C=O) groups is 1. The topological polar surface area (TPSA) is 94.7 Å². The minimum absolute atomic E-state index is 0. The minimum Gasteiger partial charge on any atom is -0.506 e. The van der Waals surface area contributed by atoms with Gasteiger partial charge < -0.3 is 25.0 Å². The van der Waals surface area contributed by atoms with E-state index in [-0.39, 0.29) is 55.3 Å². The van der Waals surface area contributed by atoms with Gasteiger partial charge in [0.2, 0.25) is 11.5 Å². The molecule has 0 radical (unpaired) electrons. The highest BCUT2D eigenvalue weighted by Crippen LogP contribution is 2.25. The van der Waals surface area contributed by atoms with Gasteiger partial charge in [0.05, 0.1) is 25.2 Å². The number of fused-ring (bicyclic) bond motifs is 1. The first-order valence-corrected chi connectivity index (χ1v) is 13.8. The highest BCUT2D eigenvalue weighted by molar-refractivity contribution is 5.87. The Morgan fingerprint density at radius 1 is 1.00 bits per heavy atom. The molecule has 40 heavy (non-hydrogen) atoms. The Kier molecular flexibility index (Phi) is 12.4. The highest BCUT2D eigenvalue weighted by Gasteiger charge is 2.24. The van der Waals surface area contributed by atoms with E-state index in [0.29, 0.717) is 43.6 Å². The molecule has 4 rings (SSSR count). The Labute approximate surface area is 239 Å². The van der Waals surface area contributed by atoms with Crippen LogP contribution < -0.4 is 10.9 Å². The molecule has 0 saturated heterocycles. The summed E-state index contributed by atoms with van der Waals surface area (Å²) in [6.07, 6.45) is 6.76. The maximum Gasteiger partial charge on any atom is 0.248 e. The molecular formula is C30H38ClF2N3O4. The number of pyridine rings is 1. The van der Waals surface area contributed by atoms with Crippen molar-refractivity contribution in [2.45, 2.75) is 57.4 Å². The van der Waals surface area contributed by atoms with Crippen LogP contribution in [0.4, 0.5) is 8.78 Å². The number of amides is 1. The molecule has 2 aromatic carbocycles. The van der Waals surface area contributed by atoms with Gasteiger partial charge in [-0.1, -0.05) is 31.4 Å². The molecule has 7 nitrogen and oxygen atoms in total. The number of hydrogen-bond acceptors (Lipinski definition) is 5. The molecule has 1 fully saturated rings. The number of nitrogens with zero attached hydrogens (tertiary/aromatic N) is 1. The summed E-state index contributed by atoms with van der Waals surface area (Å²) in [5, 5.41) is 14.3. The van der Waals surface area contributed by atoms with Gasteiger partial charge in [-0.15, -0.1) is 12.4 Å². The summed E-state index contributed by atoms with van der Waals surface area (Å²) in [5.74, 6) is -1.08. The summed E-state index contributed by atoms with van der Waals surface area (Å²) >= 11 is 0. The summed E-state index contributed by atoms with van der Waals surface area (Å²) in [6.45, 7) is 2.47. The van der Waals surface area contributed by atoms with E-state index in [9.17, 15) is 23.5 Å². The normalized spacial score (nSPS) is 13.8. The van der Waals surface area contributed by atoms with Gasteiger partial charge in [-0.2, -0.15) is 0 Å². The van der Waals surface area contributed by atoms with Crippen molar-refractivity contribution >= 4 is 29.2 Å². The lowest BCUT2D eigenvalue weighted by Crippen LogP contribution is -2.45. The zero-order valence-corrected chi connectivity index (χ0v) is 23.4. The fourth-order valence-electron chi connectivity index (χ4n) is 5.28. The summed E-state index contributed by atoms with van der Waals surface area (Å²) < 4.78 is 32.5. The Bertz CT molecular complexity index is 1310. The average molecular weight is 578 g/mol. The number of carbonyl (C=O) groups excluding carboxylic acids is 1. The third kappa shape index (κ3) is 8.74. The van der Waals surface area contributed by atoms with E-state index in [0.717, 1.165) is 42.7 Å². The molecule has 0 bridgehead atoms. The van der Waals surface area contributed by atoms with E-state index < -0.39 is 11.6 Å². The fraction of sp³-hybridized carbons (Fsp3) is 0.467. The van der Waals surface area contributed by atoms with Crippen molar-refractivity contribution in [3.8, 4) is 5.75 Å². The van der Waals surface area contributed by atoms with Gasteiger partial charge in [0, 0.05) is 36.7 Å². The molecule has 1 aliphatic rings. The Balaban J connectivity index is 0.00000441. The molecule has 0 spiro atoms. The third-order valence-corrected chi connectivity index (χ3v) is 7.39. The van der Waals surface area contributed by atoms with Gasteiger partial charge in [0.1, 0.15) is 17.4 Å². The summed E-state index contributed by atoms with van der Waals surface area (Å²) in [7, 11) is 0. The first-order valence-electron chi connectivity index (χ1n) is 13.8. The number of aromatic hydroxyl groups is 1. The monoisotopic (exact) mass is 577 g/mol. The van der Waals surface area contributed by atoms with Crippen molar-refractivity contribution in [1.29, 1.82) is 0 Å². The molecule has 1 aromatic heterocycles. The lowest BCUT2D eigenvalue weighted by Gasteiger charge is -2.34. The van der Waals surface area contributed by atoms with Crippen molar-refractivity contribution in [1.82, 2.24) is 15.2 Å². The highest BCUT2D eigenvalue weighted by atomic mass is 35.5. The molecule has 1 aliphatic carbocycles. The molecule has 10 heteroatoms. The molecular weight excluding hydrogens is 540 g/mol. The molecule has 0 unspecified atom stereocenters. The number of ether oxygens (including phenoxy) is 1. The number of phenolic OH excluding ortho intramolecular Hbond substituents is 1. The van der Waals surface area contributed by atoms with Crippen LogP contribution in [0.1, 0.15) is 49.7 Å². The van der Waals surface area contributed by atoms with Gasteiger partial charge in [0.15, 0.2) is 0 Å².